The van der Waals surface area contributed by atoms with Crippen LogP contribution >= 0.6 is 0 Å². The Morgan fingerprint density at radius 3 is 3.22 bits per heavy atom. The van der Waals surface area contributed by atoms with Gasteiger partial charge in [0.25, 0.3) is 0 Å². The van der Waals surface area contributed by atoms with Crippen LogP contribution in [0.5, 0.6) is 0 Å². The fourth-order valence-corrected chi connectivity index (χ4v) is 4.82. The number of hydrogen-bond acceptors (Lipinski definition) is 3. The molecule has 4 aliphatic carbocycles. The van der Waals surface area contributed by atoms with Crippen molar-refractivity contribution in [2.75, 3.05) is 6.61 Å². The second-order valence-corrected chi connectivity index (χ2v) is 6.42. The normalized spacial score (nSPS) is 55.9. The largest absolute Gasteiger partial charge is 0.392 e. The Morgan fingerprint density at radius 2 is 2.44 bits per heavy atom. The number of ether oxygens (including phenoxy) is 1. The molecule has 6 aliphatic rings. The number of fused-ring (bicyclic) bond motifs is 1. The lowest BCUT2D eigenvalue weighted by Gasteiger charge is -2.66. The van der Waals surface area contributed by atoms with Gasteiger partial charge in [0.15, 0.2) is 0 Å². The van der Waals surface area contributed by atoms with Crippen molar-refractivity contribution in [3.05, 3.63) is 24.8 Å². The first-order chi connectivity index (χ1) is 8.63. The molecule has 2 saturated carbocycles. The second kappa shape index (κ2) is 3.14. The number of rotatable bonds is 2. The Bertz CT molecular complexity index is 468. The molecule has 0 radical (unpaired) electrons. The standard InChI is InChI=1S/C15H18O3/c1-2-4-14-7-10-6-9-3-5-15(10,18-8-14)11(12(9)16)13(14)17/h2-3,5,9-11,13,17H,1,4,6-8H2/t9-,10+,11-,13-,14-,15+/m0/s1. The Labute approximate surface area is 107 Å². The van der Waals surface area contributed by atoms with Crippen molar-refractivity contribution in [3.63, 3.8) is 0 Å². The smallest absolute Gasteiger partial charge is 0.148 e. The predicted molar refractivity (Wildman–Crippen MR) is 65.8 cm³/mol. The Morgan fingerprint density at radius 1 is 1.61 bits per heavy atom. The van der Waals surface area contributed by atoms with E-state index in [0.717, 1.165) is 19.3 Å². The van der Waals surface area contributed by atoms with Gasteiger partial charge in [-0.15, -0.1) is 6.58 Å². The van der Waals surface area contributed by atoms with E-state index in [4.69, 9.17) is 4.74 Å². The van der Waals surface area contributed by atoms with E-state index >= 15 is 0 Å². The van der Waals surface area contributed by atoms with Crippen molar-refractivity contribution in [2.45, 2.75) is 31.0 Å². The molecule has 3 heteroatoms. The summed E-state index contributed by atoms with van der Waals surface area (Å²) in [5, 5.41) is 10.7. The van der Waals surface area contributed by atoms with Crippen molar-refractivity contribution in [3.8, 4) is 0 Å². The van der Waals surface area contributed by atoms with E-state index < -0.39 is 11.7 Å². The van der Waals surface area contributed by atoms with Crippen molar-refractivity contribution in [1.82, 2.24) is 0 Å². The van der Waals surface area contributed by atoms with Gasteiger partial charge in [-0.3, -0.25) is 4.79 Å². The van der Waals surface area contributed by atoms with Gasteiger partial charge in [-0.1, -0.05) is 18.2 Å². The van der Waals surface area contributed by atoms with E-state index in [-0.39, 0.29) is 23.0 Å². The summed E-state index contributed by atoms with van der Waals surface area (Å²) >= 11 is 0. The molecule has 1 spiro atoms. The molecule has 0 aromatic rings. The van der Waals surface area contributed by atoms with Gasteiger partial charge in [0, 0.05) is 11.3 Å². The van der Waals surface area contributed by atoms with Crippen molar-refractivity contribution >= 4 is 5.78 Å². The fraction of sp³-hybridized carbons (Fsp3) is 0.667. The van der Waals surface area contributed by atoms with E-state index in [9.17, 15) is 9.90 Å². The highest BCUT2D eigenvalue weighted by atomic mass is 16.5. The van der Waals surface area contributed by atoms with E-state index in [1.165, 1.54) is 0 Å². The highest BCUT2D eigenvalue weighted by Gasteiger charge is 2.70. The van der Waals surface area contributed by atoms with Gasteiger partial charge in [-0.2, -0.15) is 0 Å². The highest BCUT2D eigenvalue weighted by molar-refractivity contribution is 5.90. The average Bonchev–Trinajstić information content (AvgIpc) is 2.37. The first-order valence-corrected chi connectivity index (χ1v) is 6.79. The first kappa shape index (κ1) is 10.9. The third-order valence-electron chi connectivity index (χ3n) is 5.68. The SMILES string of the molecule is C=CC[C@@]12CO[C@]34C=C[C@@H](C[C@@H]3C1)C(=O)[C@H]4[C@@H]2O. The molecule has 18 heavy (non-hydrogen) atoms. The quantitative estimate of drug-likeness (QED) is 0.751. The molecule has 5 bridgehead atoms. The number of aliphatic hydroxyl groups is 1. The summed E-state index contributed by atoms with van der Waals surface area (Å²) in [6.07, 6.45) is 7.94. The number of Topliss-reactive ketones (excluding diaryl/α,β-unsaturated/α-hetero) is 1. The van der Waals surface area contributed by atoms with Crippen LogP contribution in [-0.4, -0.2) is 29.2 Å². The van der Waals surface area contributed by atoms with Gasteiger partial charge in [0.1, 0.15) is 11.4 Å². The summed E-state index contributed by atoms with van der Waals surface area (Å²) in [5.74, 6) is 0.259. The van der Waals surface area contributed by atoms with Crippen LogP contribution in [0.25, 0.3) is 0 Å². The average molecular weight is 246 g/mol. The van der Waals surface area contributed by atoms with Crippen LogP contribution in [0, 0.1) is 23.2 Å². The molecule has 0 aromatic heterocycles. The fourth-order valence-electron chi connectivity index (χ4n) is 4.82. The molecule has 2 heterocycles. The van der Waals surface area contributed by atoms with Gasteiger partial charge < -0.3 is 9.84 Å². The van der Waals surface area contributed by atoms with Crippen molar-refractivity contribution in [2.24, 2.45) is 23.2 Å². The molecular formula is C15H18O3. The van der Waals surface area contributed by atoms with Crippen LogP contribution in [0.2, 0.25) is 0 Å². The van der Waals surface area contributed by atoms with Gasteiger partial charge in [-0.05, 0) is 25.2 Å². The Kier molecular flexibility index (Phi) is 1.91. The van der Waals surface area contributed by atoms with Crippen LogP contribution < -0.4 is 0 Å². The maximum atomic E-state index is 12.4. The molecule has 1 N–H and O–H groups in total. The zero-order valence-electron chi connectivity index (χ0n) is 10.3. The molecule has 6 atom stereocenters. The number of aliphatic hydroxyl groups excluding tert-OH is 1. The zero-order chi connectivity index (χ0) is 12.5. The van der Waals surface area contributed by atoms with E-state index in [2.05, 4.69) is 12.7 Å². The minimum Gasteiger partial charge on any atom is -0.392 e. The van der Waals surface area contributed by atoms with Gasteiger partial charge in [-0.25, -0.2) is 0 Å². The third kappa shape index (κ3) is 0.984. The molecule has 0 unspecified atom stereocenters. The number of ketones is 1. The maximum absolute atomic E-state index is 12.4. The Hall–Kier alpha value is -0.930. The maximum Gasteiger partial charge on any atom is 0.148 e. The van der Waals surface area contributed by atoms with Gasteiger partial charge in [0.05, 0.1) is 18.6 Å². The van der Waals surface area contributed by atoms with Crippen molar-refractivity contribution in [1.29, 1.82) is 0 Å². The number of carbonyl (C=O) groups is 1. The molecule has 0 amide bonds. The van der Waals surface area contributed by atoms with E-state index in [0.29, 0.717) is 12.5 Å². The summed E-state index contributed by atoms with van der Waals surface area (Å²) in [6.45, 7) is 4.34. The van der Waals surface area contributed by atoms with E-state index in [1.54, 1.807) is 0 Å². The van der Waals surface area contributed by atoms with Crippen LogP contribution in [0.15, 0.2) is 24.8 Å². The molecule has 3 nitrogen and oxygen atoms in total. The summed E-state index contributed by atoms with van der Waals surface area (Å²) in [5.41, 5.74) is -0.765. The molecule has 6 rings (SSSR count). The summed E-state index contributed by atoms with van der Waals surface area (Å²) in [4.78, 5) is 12.4. The number of allylic oxidation sites excluding steroid dienone is 2. The number of hydrogen-bond donors (Lipinski definition) is 1. The molecular weight excluding hydrogens is 228 g/mol. The summed E-state index contributed by atoms with van der Waals surface area (Å²) in [7, 11) is 0. The Balaban J connectivity index is 1.86. The lowest BCUT2D eigenvalue weighted by molar-refractivity contribution is -0.281. The lowest BCUT2D eigenvalue weighted by Crippen LogP contribution is -2.74. The zero-order valence-corrected chi connectivity index (χ0v) is 10.3. The molecule has 96 valence electrons. The van der Waals surface area contributed by atoms with Gasteiger partial charge >= 0.3 is 0 Å². The second-order valence-electron chi connectivity index (χ2n) is 6.42. The van der Waals surface area contributed by atoms with Crippen molar-refractivity contribution < 1.29 is 14.6 Å². The molecule has 4 fully saturated rings. The third-order valence-corrected chi connectivity index (χ3v) is 5.68. The topological polar surface area (TPSA) is 46.5 Å². The van der Waals surface area contributed by atoms with Crippen LogP contribution in [-0.2, 0) is 9.53 Å². The van der Waals surface area contributed by atoms with Crippen LogP contribution in [0.3, 0.4) is 0 Å². The monoisotopic (exact) mass is 246 g/mol. The minimum absolute atomic E-state index is 0.0138. The van der Waals surface area contributed by atoms with Gasteiger partial charge in [0.2, 0.25) is 0 Å². The first-order valence-electron chi connectivity index (χ1n) is 6.79. The number of carbonyl (C=O) groups excluding carboxylic acids is 1. The summed E-state index contributed by atoms with van der Waals surface area (Å²) < 4.78 is 6.10. The minimum atomic E-state index is -0.569. The summed E-state index contributed by atoms with van der Waals surface area (Å²) in [6, 6.07) is 0. The van der Waals surface area contributed by atoms with Crippen LogP contribution in [0.4, 0.5) is 0 Å². The molecule has 2 saturated heterocycles. The molecule has 0 aromatic carbocycles. The molecule has 2 aliphatic heterocycles. The highest BCUT2D eigenvalue weighted by Crippen LogP contribution is 2.63. The lowest BCUT2D eigenvalue weighted by atomic mass is 9.45. The predicted octanol–water partition coefficient (Wildman–Crippen LogP) is 1.47. The van der Waals surface area contributed by atoms with Crippen LogP contribution in [0.1, 0.15) is 19.3 Å². The van der Waals surface area contributed by atoms with E-state index in [1.807, 2.05) is 12.2 Å².